The number of likely N-dealkylation sites (tertiary alicyclic amines) is 1. The fraction of sp³-hybridized carbons (Fsp3) is 0.647. The van der Waals surface area contributed by atoms with Gasteiger partial charge in [-0.15, -0.1) is 11.3 Å². The van der Waals surface area contributed by atoms with Crippen LogP contribution in [0, 0.1) is 6.92 Å². The van der Waals surface area contributed by atoms with E-state index in [9.17, 15) is 0 Å². The Morgan fingerprint density at radius 2 is 2.39 bits per heavy atom. The van der Waals surface area contributed by atoms with Crippen molar-refractivity contribution in [1.29, 1.82) is 0 Å². The summed E-state index contributed by atoms with van der Waals surface area (Å²) < 4.78 is 5.63. The van der Waals surface area contributed by atoms with Crippen LogP contribution in [-0.4, -0.2) is 39.8 Å². The van der Waals surface area contributed by atoms with Gasteiger partial charge in [-0.2, -0.15) is 5.10 Å². The number of hydrogen-bond acceptors (Lipinski definition) is 5. The number of H-pyrrole nitrogens is 1. The molecule has 5 nitrogen and oxygen atoms in total. The van der Waals surface area contributed by atoms with Gasteiger partial charge in [0.05, 0.1) is 11.4 Å². The maximum absolute atomic E-state index is 5.63. The van der Waals surface area contributed by atoms with E-state index in [-0.39, 0.29) is 6.10 Å². The summed E-state index contributed by atoms with van der Waals surface area (Å²) in [7, 11) is 0. The van der Waals surface area contributed by atoms with Crippen LogP contribution in [0.25, 0.3) is 0 Å². The summed E-state index contributed by atoms with van der Waals surface area (Å²) in [5, 5.41) is 10.8. The number of ether oxygens (including phenoxy) is 1. The van der Waals surface area contributed by atoms with E-state index in [0.29, 0.717) is 5.92 Å². The van der Waals surface area contributed by atoms with Gasteiger partial charge in [0.2, 0.25) is 0 Å². The normalized spacial score (nSPS) is 20.7. The van der Waals surface area contributed by atoms with Crippen LogP contribution in [0.1, 0.15) is 60.8 Å². The highest BCUT2D eigenvalue weighted by Gasteiger charge is 2.24. The molecule has 0 bridgehead atoms. The number of nitrogens with zero attached hydrogens (tertiary/aromatic N) is 3. The highest BCUT2D eigenvalue weighted by molar-refractivity contribution is 7.09. The highest BCUT2D eigenvalue weighted by Crippen LogP contribution is 2.28. The van der Waals surface area contributed by atoms with Gasteiger partial charge in [-0.05, 0) is 46.2 Å². The van der Waals surface area contributed by atoms with Crippen molar-refractivity contribution in [1.82, 2.24) is 20.1 Å². The van der Waals surface area contributed by atoms with Crippen LogP contribution in [0.4, 0.5) is 0 Å². The predicted octanol–water partition coefficient (Wildman–Crippen LogP) is 3.65. The number of aromatic amines is 1. The first-order valence-corrected chi connectivity index (χ1v) is 9.33. The first-order chi connectivity index (χ1) is 11.2. The molecular weight excluding hydrogens is 308 g/mol. The first kappa shape index (κ1) is 16.6. The van der Waals surface area contributed by atoms with E-state index in [2.05, 4.69) is 40.4 Å². The summed E-state index contributed by atoms with van der Waals surface area (Å²) in [5.41, 5.74) is 3.51. The third-order valence-electron chi connectivity index (χ3n) is 4.37. The molecule has 1 fully saturated rings. The van der Waals surface area contributed by atoms with Crippen molar-refractivity contribution < 1.29 is 4.74 Å². The molecule has 0 aliphatic carbocycles. The Bertz CT molecular complexity index is 624. The second-order valence-corrected chi connectivity index (χ2v) is 7.21. The molecule has 0 spiro atoms. The quantitative estimate of drug-likeness (QED) is 0.876. The molecule has 126 valence electrons. The van der Waals surface area contributed by atoms with E-state index in [1.807, 2.05) is 6.92 Å². The molecular formula is C17H26N4OS. The van der Waals surface area contributed by atoms with Crippen molar-refractivity contribution in [3.05, 3.63) is 33.5 Å². The second-order valence-electron chi connectivity index (χ2n) is 6.32. The molecule has 1 aliphatic rings. The smallest absolute Gasteiger partial charge is 0.122 e. The molecule has 0 saturated carbocycles. The van der Waals surface area contributed by atoms with Crippen LogP contribution in [0.5, 0.6) is 0 Å². The minimum absolute atomic E-state index is 0.0971. The lowest BCUT2D eigenvalue weighted by Gasteiger charge is -2.31. The molecule has 1 aliphatic heterocycles. The second kappa shape index (κ2) is 7.55. The molecule has 0 radical (unpaired) electrons. The Labute approximate surface area is 142 Å². The maximum atomic E-state index is 5.63. The standard InChI is InChI=1S/C17H26N4OS/c1-4-22-13(3)17-18-15(11-23-17)10-21-7-5-6-14(9-21)16-8-12(2)19-20-16/h8,11,13-14H,4-7,9-10H2,1-3H3,(H,19,20)/t13-,14-/m1/s1. The molecule has 1 N–H and O–H groups in total. The minimum atomic E-state index is 0.0971. The molecule has 23 heavy (non-hydrogen) atoms. The van der Waals surface area contributed by atoms with Crippen molar-refractivity contribution in [2.75, 3.05) is 19.7 Å². The highest BCUT2D eigenvalue weighted by atomic mass is 32.1. The zero-order valence-electron chi connectivity index (χ0n) is 14.2. The lowest BCUT2D eigenvalue weighted by molar-refractivity contribution is 0.0759. The Morgan fingerprint density at radius 1 is 1.52 bits per heavy atom. The molecule has 3 heterocycles. The van der Waals surface area contributed by atoms with Crippen molar-refractivity contribution in [3.63, 3.8) is 0 Å². The molecule has 3 rings (SSSR count). The molecule has 2 aromatic heterocycles. The van der Waals surface area contributed by atoms with Crippen molar-refractivity contribution in [2.24, 2.45) is 0 Å². The average Bonchev–Trinajstić information content (AvgIpc) is 3.17. The number of nitrogens with one attached hydrogen (secondary N) is 1. The monoisotopic (exact) mass is 334 g/mol. The summed E-state index contributed by atoms with van der Waals surface area (Å²) >= 11 is 1.71. The van der Waals surface area contributed by atoms with E-state index in [0.717, 1.165) is 42.6 Å². The number of hydrogen-bond donors (Lipinski definition) is 1. The number of piperidine rings is 1. The lowest BCUT2D eigenvalue weighted by Crippen LogP contribution is -2.34. The van der Waals surface area contributed by atoms with Gasteiger partial charge in [-0.25, -0.2) is 4.98 Å². The van der Waals surface area contributed by atoms with Gasteiger partial charge in [0.25, 0.3) is 0 Å². The van der Waals surface area contributed by atoms with Gasteiger partial charge in [0, 0.05) is 36.7 Å². The Hall–Kier alpha value is -1.24. The zero-order chi connectivity index (χ0) is 16.2. The third kappa shape index (κ3) is 4.19. The van der Waals surface area contributed by atoms with Crippen molar-refractivity contribution >= 4 is 11.3 Å². The Morgan fingerprint density at radius 3 is 3.13 bits per heavy atom. The molecule has 0 aromatic carbocycles. The van der Waals surface area contributed by atoms with Gasteiger partial charge in [-0.3, -0.25) is 10.00 Å². The van der Waals surface area contributed by atoms with Crippen LogP contribution < -0.4 is 0 Å². The van der Waals surface area contributed by atoms with Gasteiger partial charge in [0.1, 0.15) is 11.1 Å². The van der Waals surface area contributed by atoms with Crippen LogP contribution in [0.15, 0.2) is 11.4 Å². The van der Waals surface area contributed by atoms with Crippen LogP contribution in [-0.2, 0) is 11.3 Å². The third-order valence-corrected chi connectivity index (χ3v) is 5.42. The van der Waals surface area contributed by atoms with Gasteiger partial charge in [0.15, 0.2) is 0 Å². The van der Waals surface area contributed by atoms with Crippen LogP contribution >= 0.6 is 11.3 Å². The lowest BCUT2D eigenvalue weighted by atomic mass is 9.94. The van der Waals surface area contributed by atoms with E-state index in [4.69, 9.17) is 9.72 Å². The van der Waals surface area contributed by atoms with E-state index in [1.54, 1.807) is 11.3 Å². The Kier molecular flexibility index (Phi) is 5.46. The summed E-state index contributed by atoms with van der Waals surface area (Å²) in [6.07, 6.45) is 2.55. The fourth-order valence-electron chi connectivity index (χ4n) is 3.22. The van der Waals surface area contributed by atoms with Crippen LogP contribution in [0.2, 0.25) is 0 Å². The first-order valence-electron chi connectivity index (χ1n) is 8.46. The molecule has 6 heteroatoms. The Balaban J connectivity index is 1.59. The summed E-state index contributed by atoms with van der Waals surface area (Å²) in [4.78, 5) is 7.26. The number of rotatable bonds is 6. The molecule has 2 aromatic rings. The van der Waals surface area contributed by atoms with Crippen LogP contribution in [0.3, 0.4) is 0 Å². The SMILES string of the molecule is CCO[C@H](C)c1nc(CN2CCC[C@@H](c3cc(C)[nH]n3)C2)cs1. The maximum Gasteiger partial charge on any atom is 0.122 e. The minimum Gasteiger partial charge on any atom is -0.372 e. The van der Waals surface area contributed by atoms with E-state index >= 15 is 0 Å². The molecule has 0 unspecified atom stereocenters. The number of thiazole rings is 1. The fourth-order valence-corrected chi connectivity index (χ4v) is 4.03. The predicted molar refractivity (Wildman–Crippen MR) is 92.7 cm³/mol. The van der Waals surface area contributed by atoms with Crippen molar-refractivity contribution in [2.45, 2.75) is 52.2 Å². The van der Waals surface area contributed by atoms with Gasteiger partial charge >= 0.3 is 0 Å². The van der Waals surface area contributed by atoms with Crippen molar-refractivity contribution in [3.8, 4) is 0 Å². The molecule has 1 saturated heterocycles. The molecule has 2 atom stereocenters. The zero-order valence-corrected chi connectivity index (χ0v) is 15.0. The van der Waals surface area contributed by atoms with E-state index < -0.39 is 0 Å². The van der Waals surface area contributed by atoms with E-state index in [1.165, 1.54) is 18.5 Å². The van der Waals surface area contributed by atoms with Gasteiger partial charge < -0.3 is 4.74 Å². The molecule has 0 amide bonds. The average molecular weight is 334 g/mol. The number of aromatic nitrogens is 3. The number of aryl methyl sites for hydroxylation is 1. The summed E-state index contributed by atoms with van der Waals surface area (Å²) in [5.74, 6) is 0.536. The summed E-state index contributed by atoms with van der Waals surface area (Å²) in [6.45, 7) is 10.0. The largest absolute Gasteiger partial charge is 0.372 e. The topological polar surface area (TPSA) is 54.0 Å². The summed E-state index contributed by atoms with van der Waals surface area (Å²) in [6, 6.07) is 2.18. The van der Waals surface area contributed by atoms with Gasteiger partial charge in [-0.1, -0.05) is 0 Å².